The first-order chi connectivity index (χ1) is 20.0. The van der Waals surface area contributed by atoms with Crippen molar-refractivity contribution in [1.29, 1.82) is 0 Å². The predicted molar refractivity (Wildman–Crippen MR) is 169 cm³/mol. The van der Waals surface area contributed by atoms with Crippen molar-refractivity contribution in [2.24, 2.45) is 9.98 Å². The number of morpholine rings is 1. The summed E-state index contributed by atoms with van der Waals surface area (Å²) in [6.45, 7) is 16.5. The lowest BCUT2D eigenvalue weighted by Crippen LogP contribution is -2.55. The molecule has 0 saturated carbocycles. The minimum atomic E-state index is -0.391. The molecule has 0 N–H and O–H groups in total. The zero-order valence-corrected chi connectivity index (χ0v) is 26.9. The van der Waals surface area contributed by atoms with E-state index in [-0.39, 0.29) is 17.9 Å². The number of amides is 1. The van der Waals surface area contributed by atoms with Crippen LogP contribution in [0.1, 0.15) is 104 Å². The van der Waals surface area contributed by atoms with Crippen LogP contribution in [-0.4, -0.2) is 66.8 Å². The fraction of sp³-hybridized carbons (Fsp3) is 0.629. The maximum absolute atomic E-state index is 14.5. The molecule has 228 valence electrons. The first kappa shape index (κ1) is 30.5. The topological polar surface area (TPSA) is 72.7 Å². The van der Waals surface area contributed by atoms with Gasteiger partial charge in [-0.05, 0) is 115 Å². The van der Waals surface area contributed by atoms with Crippen LogP contribution in [0, 0.1) is 0 Å². The molecule has 1 aromatic carbocycles. The highest BCUT2D eigenvalue weighted by molar-refractivity contribution is 6.27. The summed E-state index contributed by atoms with van der Waals surface area (Å²) in [5.74, 6) is 1.56. The summed E-state index contributed by atoms with van der Waals surface area (Å²) in [6, 6.07) is 4.65. The Bertz CT molecular complexity index is 1350. The molecule has 1 fully saturated rings. The molecule has 1 aromatic rings. The molecule has 0 radical (unpaired) electrons. The van der Waals surface area contributed by atoms with Gasteiger partial charge in [-0.3, -0.25) is 9.79 Å². The molecule has 0 spiro atoms. The standard InChI is InChI=1S/C35H49N3O4/c1-9-26-14-10-22(4)31(23(5)36-26)33-27-15-13-24(32(37-33)34(39)38-16-17-41-20-35(38,6)7)11-12-25-18-29(40-8)30(19-28(25)27)42-21(2)3/h18-19,21,26-27H,9-17,20H2,1-8H3. The van der Waals surface area contributed by atoms with Crippen LogP contribution >= 0.6 is 0 Å². The van der Waals surface area contributed by atoms with E-state index >= 15 is 0 Å². The SMILES string of the molecule is CCC1CCC(C)=C(C2=NC(C(=O)N3CCOCC3(C)C)=C3CCc4cc(OC)c(OC(C)C)cc4C2CC3)C(C)=N1. The van der Waals surface area contributed by atoms with E-state index in [0.29, 0.717) is 31.5 Å². The molecule has 1 aliphatic carbocycles. The molecule has 3 aliphatic heterocycles. The first-order valence-electron chi connectivity index (χ1n) is 15.9. The molecule has 2 unspecified atom stereocenters. The molecule has 5 rings (SSSR count). The monoisotopic (exact) mass is 575 g/mol. The van der Waals surface area contributed by atoms with Gasteiger partial charge < -0.3 is 19.1 Å². The van der Waals surface area contributed by atoms with E-state index in [9.17, 15) is 4.79 Å². The number of carbonyl (C=O) groups excluding carboxylic acids is 1. The molecular formula is C35H49N3O4. The Hall–Kier alpha value is -2.93. The van der Waals surface area contributed by atoms with Crippen molar-refractivity contribution in [3.05, 3.63) is 45.7 Å². The number of benzene rings is 1. The highest BCUT2D eigenvalue weighted by Crippen LogP contribution is 2.44. The van der Waals surface area contributed by atoms with Crippen molar-refractivity contribution in [2.75, 3.05) is 26.9 Å². The van der Waals surface area contributed by atoms with Crippen LogP contribution in [0.2, 0.25) is 0 Å². The Labute approximate surface area is 252 Å². The molecule has 1 saturated heterocycles. The largest absolute Gasteiger partial charge is 0.493 e. The molecular weight excluding hydrogens is 526 g/mol. The average Bonchev–Trinajstić information content (AvgIpc) is 3.18. The first-order valence-corrected chi connectivity index (χ1v) is 15.9. The van der Waals surface area contributed by atoms with Gasteiger partial charge in [0.15, 0.2) is 11.5 Å². The Balaban J connectivity index is 1.73. The van der Waals surface area contributed by atoms with E-state index in [0.717, 1.165) is 79.0 Å². The van der Waals surface area contributed by atoms with Gasteiger partial charge in [-0.25, -0.2) is 4.99 Å². The second-order valence-electron chi connectivity index (χ2n) is 13.2. The van der Waals surface area contributed by atoms with Crippen molar-refractivity contribution in [3.8, 4) is 11.5 Å². The number of aryl methyl sites for hydroxylation is 1. The lowest BCUT2D eigenvalue weighted by Gasteiger charge is -2.42. The maximum atomic E-state index is 14.5. The lowest BCUT2D eigenvalue weighted by molar-refractivity contribution is -0.142. The molecule has 4 aliphatic rings. The number of carbonyl (C=O) groups is 1. The van der Waals surface area contributed by atoms with Crippen molar-refractivity contribution in [3.63, 3.8) is 0 Å². The molecule has 1 amide bonds. The molecule has 3 heterocycles. The van der Waals surface area contributed by atoms with E-state index in [2.05, 4.69) is 46.8 Å². The molecule has 2 bridgehead atoms. The van der Waals surface area contributed by atoms with Gasteiger partial charge in [0.25, 0.3) is 5.91 Å². The van der Waals surface area contributed by atoms with E-state index in [1.807, 2.05) is 18.7 Å². The zero-order chi connectivity index (χ0) is 30.2. The normalized spacial score (nSPS) is 24.4. The molecule has 42 heavy (non-hydrogen) atoms. The van der Waals surface area contributed by atoms with Crippen molar-refractivity contribution in [2.45, 2.75) is 117 Å². The zero-order valence-electron chi connectivity index (χ0n) is 26.9. The lowest BCUT2D eigenvalue weighted by atomic mass is 9.78. The van der Waals surface area contributed by atoms with Gasteiger partial charge in [-0.1, -0.05) is 12.5 Å². The van der Waals surface area contributed by atoms with Gasteiger partial charge in [0.2, 0.25) is 0 Å². The van der Waals surface area contributed by atoms with Gasteiger partial charge in [0.1, 0.15) is 5.70 Å². The van der Waals surface area contributed by atoms with Gasteiger partial charge in [0, 0.05) is 23.7 Å². The number of aliphatic imine (C=N–C) groups is 2. The summed E-state index contributed by atoms with van der Waals surface area (Å²) in [5.41, 5.74) is 8.34. The highest BCUT2D eigenvalue weighted by Gasteiger charge is 2.39. The quantitative estimate of drug-likeness (QED) is 0.367. The van der Waals surface area contributed by atoms with Crippen LogP contribution in [0.15, 0.2) is 44.5 Å². The summed E-state index contributed by atoms with van der Waals surface area (Å²) in [7, 11) is 1.70. The Morgan fingerprint density at radius 1 is 1.12 bits per heavy atom. The van der Waals surface area contributed by atoms with E-state index in [1.165, 1.54) is 16.7 Å². The second kappa shape index (κ2) is 12.4. The smallest absolute Gasteiger partial charge is 0.273 e. The number of nitrogens with zero attached hydrogens (tertiary/aromatic N) is 3. The highest BCUT2D eigenvalue weighted by atomic mass is 16.5. The molecule has 0 aromatic heterocycles. The maximum Gasteiger partial charge on any atom is 0.273 e. The van der Waals surface area contributed by atoms with Gasteiger partial charge in [0.05, 0.1) is 43.7 Å². The predicted octanol–water partition coefficient (Wildman–Crippen LogP) is 6.99. The Morgan fingerprint density at radius 3 is 2.60 bits per heavy atom. The van der Waals surface area contributed by atoms with Gasteiger partial charge in [-0.15, -0.1) is 0 Å². The average molecular weight is 576 g/mol. The fourth-order valence-electron chi connectivity index (χ4n) is 7.06. The minimum Gasteiger partial charge on any atom is -0.493 e. The van der Waals surface area contributed by atoms with Crippen LogP contribution in [0.4, 0.5) is 0 Å². The molecule has 7 nitrogen and oxygen atoms in total. The van der Waals surface area contributed by atoms with Crippen molar-refractivity contribution >= 4 is 17.3 Å². The van der Waals surface area contributed by atoms with E-state index in [4.69, 9.17) is 24.2 Å². The van der Waals surface area contributed by atoms with E-state index in [1.54, 1.807) is 7.11 Å². The van der Waals surface area contributed by atoms with Crippen LogP contribution in [0.5, 0.6) is 11.5 Å². The summed E-state index contributed by atoms with van der Waals surface area (Å²) < 4.78 is 17.8. The van der Waals surface area contributed by atoms with Crippen LogP contribution in [-0.2, 0) is 16.0 Å². The third-order valence-corrected chi connectivity index (χ3v) is 9.33. The van der Waals surface area contributed by atoms with Crippen LogP contribution < -0.4 is 9.47 Å². The number of hydrogen-bond acceptors (Lipinski definition) is 6. The summed E-state index contributed by atoms with van der Waals surface area (Å²) in [5, 5.41) is 0. The second-order valence-corrected chi connectivity index (χ2v) is 13.2. The Morgan fingerprint density at radius 2 is 1.90 bits per heavy atom. The third kappa shape index (κ3) is 5.95. The van der Waals surface area contributed by atoms with Gasteiger partial charge in [-0.2, -0.15) is 0 Å². The Kier molecular flexibility index (Phi) is 8.98. The summed E-state index contributed by atoms with van der Waals surface area (Å²) in [6.07, 6.45) is 6.41. The van der Waals surface area contributed by atoms with Gasteiger partial charge >= 0.3 is 0 Å². The van der Waals surface area contributed by atoms with Crippen molar-refractivity contribution in [1.82, 2.24) is 4.90 Å². The number of hydrogen-bond donors (Lipinski definition) is 0. The minimum absolute atomic E-state index is 0.0204. The molecule has 2 atom stereocenters. The van der Waals surface area contributed by atoms with Crippen LogP contribution in [0.3, 0.4) is 0 Å². The van der Waals surface area contributed by atoms with Crippen molar-refractivity contribution < 1.29 is 19.0 Å². The number of rotatable bonds is 6. The van der Waals surface area contributed by atoms with E-state index < -0.39 is 5.54 Å². The third-order valence-electron chi connectivity index (χ3n) is 9.33. The number of allylic oxidation sites excluding steroid dienone is 3. The van der Waals surface area contributed by atoms with Crippen LogP contribution in [0.25, 0.3) is 0 Å². The number of methoxy groups -OCH3 is 1. The molecule has 7 heteroatoms. The number of ether oxygens (including phenoxy) is 3. The summed E-state index contributed by atoms with van der Waals surface area (Å²) >= 11 is 0. The summed E-state index contributed by atoms with van der Waals surface area (Å²) in [4.78, 5) is 27.1. The fourth-order valence-corrected chi connectivity index (χ4v) is 7.06. The number of fused-ring (bicyclic) bond motifs is 5.